The molecule has 0 atom stereocenters. The third-order valence-electron chi connectivity index (χ3n) is 9.21. The maximum atomic E-state index is 2.35. The lowest BCUT2D eigenvalue weighted by molar-refractivity contribution is 1.32. The predicted molar refractivity (Wildman–Crippen MR) is 231 cm³/mol. The van der Waals surface area contributed by atoms with Crippen molar-refractivity contribution in [2.75, 3.05) is 9.80 Å². The average Bonchev–Trinajstić information content (AvgIpc) is 4.03. The fourth-order valence-electron chi connectivity index (χ4n) is 6.59. The van der Waals surface area contributed by atoms with Crippen molar-refractivity contribution < 1.29 is 0 Å². The molecule has 0 bridgehead atoms. The van der Waals surface area contributed by atoms with E-state index in [9.17, 15) is 0 Å². The monoisotopic (exact) mass is 734 g/mol. The molecule has 0 fully saturated rings. The summed E-state index contributed by atoms with van der Waals surface area (Å²) in [6, 6.07) is 73.7. The Kier molecular flexibility index (Phi) is 9.27. The molecule has 3 heterocycles. The Bertz CT molecular complexity index is 2360. The van der Waals surface area contributed by atoms with Gasteiger partial charge in [-0.05, 0) is 107 Å². The van der Waals surface area contributed by atoms with E-state index in [2.05, 4.69) is 216 Å². The van der Waals surface area contributed by atoms with E-state index in [0.29, 0.717) is 0 Å². The van der Waals surface area contributed by atoms with Gasteiger partial charge in [-0.3, -0.25) is 0 Å². The lowest BCUT2D eigenvalue weighted by atomic mass is 10.1. The van der Waals surface area contributed by atoms with E-state index in [1.807, 2.05) is 34.0 Å². The molecule has 0 aliphatic carbocycles. The first-order chi connectivity index (χ1) is 26.3. The van der Waals surface area contributed by atoms with Gasteiger partial charge < -0.3 is 9.80 Å². The van der Waals surface area contributed by atoms with E-state index in [4.69, 9.17) is 0 Å². The van der Waals surface area contributed by atoms with Crippen LogP contribution < -0.4 is 9.80 Å². The van der Waals surface area contributed by atoms with E-state index in [1.54, 1.807) is 0 Å². The molecule has 3 aromatic heterocycles. The van der Waals surface area contributed by atoms with Crippen LogP contribution in [0, 0.1) is 0 Å². The first-order valence-corrected chi connectivity index (χ1v) is 20.0. The molecule has 6 aromatic carbocycles. The van der Waals surface area contributed by atoms with Crippen LogP contribution in [-0.2, 0) is 0 Å². The highest BCUT2D eigenvalue weighted by molar-refractivity contribution is 7.28. The minimum absolute atomic E-state index is 1.14. The quantitative estimate of drug-likeness (QED) is 0.138. The number of benzene rings is 6. The molecule has 2 nitrogen and oxygen atoms in total. The molecule has 0 saturated carbocycles. The lowest BCUT2D eigenvalue weighted by Gasteiger charge is -2.23. The zero-order chi connectivity index (χ0) is 35.4. The third-order valence-corrected chi connectivity index (χ3v) is 12.8. The van der Waals surface area contributed by atoms with Crippen LogP contribution in [-0.4, -0.2) is 0 Å². The standard InChI is InChI=1S/C48H34N2S3/c1-5-13-35(14-6-1)37-21-25-41(26-22-37)49(39-17-9-3-10-18-39)47-33-31-45(52-47)43-29-30-44(51-43)46-32-34-48(53-46)50(40-19-11-4-12-20-40)42-27-23-38(24-28-42)36-15-7-2-8-16-36/h1-34H. The summed E-state index contributed by atoms with van der Waals surface area (Å²) >= 11 is 5.51. The molecule has 9 rings (SSSR count). The fraction of sp³-hybridized carbons (Fsp3) is 0. The van der Waals surface area contributed by atoms with Crippen LogP contribution in [0.2, 0.25) is 0 Å². The second-order valence-electron chi connectivity index (χ2n) is 12.6. The van der Waals surface area contributed by atoms with Crippen molar-refractivity contribution in [2.24, 2.45) is 0 Å². The Morgan fingerprint density at radius 1 is 0.226 bits per heavy atom. The van der Waals surface area contributed by atoms with Gasteiger partial charge in [-0.25, -0.2) is 0 Å². The number of hydrogen-bond acceptors (Lipinski definition) is 5. The van der Waals surface area contributed by atoms with Gasteiger partial charge in [0.25, 0.3) is 0 Å². The summed E-state index contributed by atoms with van der Waals surface area (Å²) in [4.78, 5) is 9.78. The molecule has 0 spiro atoms. The van der Waals surface area contributed by atoms with Crippen molar-refractivity contribution in [3.05, 3.63) is 206 Å². The van der Waals surface area contributed by atoms with Crippen LogP contribution in [0.5, 0.6) is 0 Å². The van der Waals surface area contributed by atoms with Gasteiger partial charge in [-0.2, -0.15) is 0 Å². The maximum Gasteiger partial charge on any atom is 0.101 e. The molecule has 0 radical (unpaired) electrons. The molecule has 0 aliphatic rings. The Balaban J connectivity index is 0.997. The minimum atomic E-state index is 1.14. The molecule has 0 unspecified atom stereocenters. The second-order valence-corrected chi connectivity index (χ2v) is 15.8. The molecule has 5 heteroatoms. The van der Waals surface area contributed by atoms with E-state index < -0.39 is 0 Å². The molecular formula is C48H34N2S3. The average molecular weight is 735 g/mol. The van der Waals surface area contributed by atoms with Gasteiger partial charge in [0.05, 0.1) is 0 Å². The highest BCUT2D eigenvalue weighted by Crippen LogP contribution is 2.47. The fourth-order valence-corrected chi connectivity index (χ4v) is 9.87. The van der Waals surface area contributed by atoms with E-state index in [-0.39, 0.29) is 0 Å². The lowest BCUT2D eigenvalue weighted by Crippen LogP contribution is -2.07. The van der Waals surface area contributed by atoms with Crippen LogP contribution >= 0.6 is 34.0 Å². The van der Waals surface area contributed by atoms with E-state index in [1.165, 1.54) is 51.8 Å². The molecule has 0 aliphatic heterocycles. The maximum absolute atomic E-state index is 2.35. The molecule has 9 aromatic rings. The Morgan fingerprint density at radius 2 is 0.509 bits per heavy atom. The number of rotatable bonds is 10. The van der Waals surface area contributed by atoms with Crippen molar-refractivity contribution in [3.8, 4) is 41.8 Å². The van der Waals surface area contributed by atoms with Gasteiger partial charge in [-0.15, -0.1) is 34.0 Å². The Morgan fingerprint density at radius 3 is 0.887 bits per heavy atom. The second kappa shape index (κ2) is 14.9. The van der Waals surface area contributed by atoms with Crippen LogP contribution in [0.15, 0.2) is 206 Å². The zero-order valence-corrected chi connectivity index (χ0v) is 31.2. The zero-order valence-electron chi connectivity index (χ0n) is 28.7. The summed E-state index contributed by atoms with van der Waals surface area (Å²) in [5, 5.41) is 2.37. The Labute approximate surface area is 322 Å². The topological polar surface area (TPSA) is 6.48 Å². The van der Waals surface area contributed by atoms with Gasteiger partial charge in [0.15, 0.2) is 0 Å². The summed E-state index contributed by atoms with van der Waals surface area (Å²) in [6.07, 6.45) is 0. The number of para-hydroxylation sites is 2. The number of hydrogen-bond donors (Lipinski definition) is 0. The van der Waals surface area contributed by atoms with Crippen molar-refractivity contribution in [3.63, 3.8) is 0 Å². The number of nitrogens with zero attached hydrogens (tertiary/aromatic N) is 2. The van der Waals surface area contributed by atoms with Crippen LogP contribution in [0.4, 0.5) is 32.8 Å². The Hall–Kier alpha value is -5.98. The normalized spacial score (nSPS) is 11.0. The molecule has 0 N–H and O–H groups in total. The summed E-state index contributed by atoms with van der Waals surface area (Å²) in [5.41, 5.74) is 9.43. The van der Waals surface area contributed by atoms with Crippen molar-refractivity contribution >= 4 is 66.8 Å². The molecule has 254 valence electrons. The van der Waals surface area contributed by atoms with Gasteiger partial charge in [0.1, 0.15) is 10.0 Å². The summed E-state index contributed by atoms with van der Waals surface area (Å²) in [5.74, 6) is 0. The first-order valence-electron chi connectivity index (χ1n) is 17.6. The van der Waals surface area contributed by atoms with E-state index >= 15 is 0 Å². The smallest absolute Gasteiger partial charge is 0.101 e. The first kappa shape index (κ1) is 32.9. The van der Waals surface area contributed by atoms with Crippen molar-refractivity contribution in [2.45, 2.75) is 0 Å². The van der Waals surface area contributed by atoms with Crippen molar-refractivity contribution in [1.82, 2.24) is 0 Å². The highest BCUT2D eigenvalue weighted by Gasteiger charge is 2.19. The third kappa shape index (κ3) is 6.98. The van der Waals surface area contributed by atoms with Crippen LogP contribution in [0.3, 0.4) is 0 Å². The minimum Gasteiger partial charge on any atom is -0.302 e. The summed E-state index contributed by atoms with van der Waals surface area (Å²) in [7, 11) is 0. The summed E-state index contributed by atoms with van der Waals surface area (Å²) in [6.45, 7) is 0. The van der Waals surface area contributed by atoms with Gasteiger partial charge >= 0.3 is 0 Å². The van der Waals surface area contributed by atoms with Gasteiger partial charge in [0, 0.05) is 42.3 Å². The van der Waals surface area contributed by atoms with Gasteiger partial charge in [-0.1, -0.05) is 121 Å². The van der Waals surface area contributed by atoms with Crippen LogP contribution in [0.25, 0.3) is 41.8 Å². The highest BCUT2D eigenvalue weighted by atomic mass is 32.1. The van der Waals surface area contributed by atoms with Gasteiger partial charge in [0.2, 0.25) is 0 Å². The molecule has 0 amide bonds. The molecule has 53 heavy (non-hydrogen) atoms. The number of thiophene rings is 3. The SMILES string of the molecule is c1ccc(-c2ccc(N(c3ccccc3)c3ccc(-c4ccc(-c5ccc(N(c6ccccc6)c6ccc(-c7ccccc7)cc6)s5)s4)s3)cc2)cc1. The van der Waals surface area contributed by atoms with Crippen LogP contribution in [0.1, 0.15) is 0 Å². The van der Waals surface area contributed by atoms with E-state index in [0.717, 1.165) is 22.7 Å². The molecular weight excluding hydrogens is 701 g/mol. The van der Waals surface area contributed by atoms with Crippen molar-refractivity contribution in [1.29, 1.82) is 0 Å². The number of anilines is 6. The summed E-state index contributed by atoms with van der Waals surface area (Å²) < 4.78 is 0. The molecule has 0 saturated heterocycles. The predicted octanol–water partition coefficient (Wildman–Crippen LogP) is 15.5. The largest absolute Gasteiger partial charge is 0.302 e.